The molecule has 0 amide bonds. The molecule has 0 N–H and O–H groups in total. The molecule has 0 spiro atoms. The molecule has 0 unspecified atom stereocenters. The van der Waals surface area contributed by atoms with E-state index in [1.165, 1.54) is 19.3 Å². The summed E-state index contributed by atoms with van der Waals surface area (Å²) in [6, 6.07) is 2.24. The molecular weight excluding hydrogens is 276 g/mol. The smallest absolute Gasteiger partial charge is 0.321 e. The van der Waals surface area contributed by atoms with E-state index in [1.54, 1.807) is 0 Å². The zero-order valence-electron chi connectivity index (χ0n) is 13.2. The SMILES string of the molecule is CCO[SiH](CCCCC[SiH](OCC)OCC)OCC. The van der Waals surface area contributed by atoms with Gasteiger partial charge in [-0.2, -0.15) is 0 Å². The van der Waals surface area contributed by atoms with Gasteiger partial charge in [-0.05, 0) is 39.8 Å². The second-order valence-corrected chi connectivity index (χ2v) is 8.52. The zero-order chi connectivity index (χ0) is 14.3. The van der Waals surface area contributed by atoms with E-state index in [4.69, 9.17) is 17.7 Å². The molecule has 0 atom stereocenters. The lowest BCUT2D eigenvalue weighted by Gasteiger charge is -2.16. The van der Waals surface area contributed by atoms with E-state index >= 15 is 0 Å². The normalized spacial score (nSPS) is 11.7. The molecule has 0 aromatic carbocycles. The fourth-order valence-electron chi connectivity index (χ4n) is 1.97. The van der Waals surface area contributed by atoms with Crippen LogP contribution < -0.4 is 0 Å². The highest BCUT2D eigenvalue weighted by molar-refractivity contribution is 6.44. The average Bonchev–Trinajstić information content (AvgIpc) is 2.39. The maximum atomic E-state index is 5.66. The molecule has 0 heterocycles. The van der Waals surface area contributed by atoms with Crippen molar-refractivity contribution in [1.29, 1.82) is 0 Å². The van der Waals surface area contributed by atoms with Gasteiger partial charge in [-0.1, -0.05) is 19.3 Å². The minimum Gasteiger partial charge on any atom is -0.397 e. The second kappa shape index (κ2) is 14.7. The van der Waals surface area contributed by atoms with E-state index in [0.29, 0.717) is 0 Å². The topological polar surface area (TPSA) is 36.9 Å². The van der Waals surface area contributed by atoms with Gasteiger partial charge in [0.1, 0.15) is 0 Å². The summed E-state index contributed by atoms with van der Waals surface area (Å²) in [5.74, 6) is 0. The van der Waals surface area contributed by atoms with Crippen LogP contribution in [0.3, 0.4) is 0 Å². The van der Waals surface area contributed by atoms with Crippen molar-refractivity contribution in [3.8, 4) is 0 Å². The van der Waals surface area contributed by atoms with Crippen molar-refractivity contribution in [2.75, 3.05) is 26.4 Å². The maximum Gasteiger partial charge on any atom is 0.321 e. The number of hydrogen-bond acceptors (Lipinski definition) is 4. The van der Waals surface area contributed by atoms with Gasteiger partial charge in [0.2, 0.25) is 0 Å². The molecule has 6 heteroatoms. The van der Waals surface area contributed by atoms with Crippen molar-refractivity contribution in [3.05, 3.63) is 0 Å². The van der Waals surface area contributed by atoms with Crippen LogP contribution in [-0.2, 0) is 17.7 Å². The van der Waals surface area contributed by atoms with E-state index in [1.807, 2.05) is 27.7 Å². The van der Waals surface area contributed by atoms with Gasteiger partial charge in [0.15, 0.2) is 0 Å². The van der Waals surface area contributed by atoms with Crippen LogP contribution in [0.4, 0.5) is 0 Å². The van der Waals surface area contributed by atoms with Gasteiger partial charge in [-0.25, -0.2) is 0 Å². The number of rotatable bonds is 14. The molecule has 116 valence electrons. The first-order valence-electron chi connectivity index (χ1n) is 7.74. The van der Waals surface area contributed by atoms with Crippen LogP contribution >= 0.6 is 0 Å². The monoisotopic (exact) mass is 308 g/mol. The first-order chi connectivity index (χ1) is 9.28. The lowest BCUT2D eigenvalue weighted by molar-refractivity contribution is 0.211. The predicted octanol–water partition coefficient (Wildman–Crippen LogP) is 2.74. The molecule has 0 radical (unpaired) electrons. The lowest BCUT2D eigenvalue weighted by atomic mass is 10.3. The summed E-state index contributed by atoms with van der Waals surface area (Å²) in [6.07, 6.45) is 3.64. The molecule has 0 aromatic heterocycles. The third-order valence-electron chi connectivity index (χ3n) is 2.79. The fraction of sp³-hybridized carbons (Fsp3) is 1.00. The van der Waals surface area contributed by atoms with Crippen molar-refractivity contribution in [2.45, 2.75) is 59.0 Å². The Hall–Kier alpha value is 0.274. The third-order valence-corrected chi connectivity index (χ3v) is 7.37. The van der Waals surface area contributed by atoms with Gasteiger partial charge in [-0.3, -0.25) is 0 Å². The quantitative estimate of drug-likeness (QED) is 0.365. The van der Waals surface area contributed by atoms with E-state index in [-0.39, 0.29) is 0 Å². The standard InChI is InChI=1S/C13H32O4Si2/c1-5-14-18(15-6-2)12-10-9-11-13-19(16-7-3)17-8-4/h18-19H,5-13H2,1-4H3. The van der Waals surface area contributed by atoms with Crippen LogP contribution in [-0.4, -0.2) is 45.0 Å². The minimum atomic E-state index is -1.38. The van der Waals surface area contributed by atoms with Crippen LogP contribution in [0.15, 0.2) is 0 Å². The average molecular weight is 309 g/mol. The largest absolute Gasteiger partial charge is 0.397 e. The molecule has 19 heavy (non-hydrogen) atoms. The van der Waals surface area contributed by atoms with Crippen LogP contribution in [0.1, 0.15) is 47.0 Å². The second-order valence-electron chi connectivity index (χ2n) is 4.32. The highest BCUT2D eigenvalue weighted by Gasteiger charge is 2.13. The Kier molecular flexibility index (Phi) is 14.9. The Morgan fingerprint density at radius 1 is 0.526 bits per heavy atom. The van der Waals surface area contributed by atoms with Crippen molar-refractivity contribution in [2.24, 2.45) is 0 Å². The number of hydrogen-bond donors (Lipinski definition) is 0. The summed E-state index contributed by atoms with van der Waals surface area (Å²) in [4.78, 5) is 0. The molecular formula is C13H32O4Si2. The zero-order valence-corrected chi connectivity index (χ0v) is 15.5. The minimum absolute atomic E-state index is 0.778. The van der Waals surface area contributed by atoms with E-state index in [2.05, 4.69) is 0 Å². The summed E-state index contributed by atoms with van der Waals surface area (Å²) >= 11 is 0. The molecule has 0 aliphatic carbocycles. The van der Waals surface area contributed by atoms with Crippen LogP contribution in [0.2, 0.25) is 12.1 Å². The van der Waals surface area contributed by atoms with Gasteiger partial charge < -0.3 is 17.7 Å². The molecule has 4 nitrogen and oxygen atoms in total. The maximum absolute atomic E-state index is 5.66. The molecule has 0 aromatic rings. The van der Waals surface area contributed by atoms with Crippen molar-refractivity contribution >= 4 is 18.6 Å². The molecule has 0 aliphatic rings. The molecule has 0 saturated carbocycles. The molecule has 0 saturated heterocycles. The van der Waals surface area contributed by atoms with Gasteiger partial charge in [0.05, 0.1) is 0 Å². The summed E-state index contributed by atoms with van der Waals surface area (Å²) in [5, 5.41) is 0. The van der Waals surface area contributed by atoms with Crippen molar-refractivity contribution in [3.63, 3.8) is 0 Å². The van der Waals surface area contributed by atoms with Crippen molar-refractivity contribution < 1.29 is 17.7 Å². The summed E-state index contributed by atoms with van der Waals surface area (Å²) < 4.78 is 22.7. The third kappa shape index (κ3) is 11.8. The van der Waals surface area contributed by atoms with Crippen LogP contribution in [0.25, 0.3) is 0 Å². The van der Waals surface area contributed by atoms with Gasteiger partial charge >= 0.3 is 18.6 Å². The Labute approximate surface area is 122 Å². The highest BCUT2D eigenvalue weighted by Crippen LogP contribution is 2.11. The Bertz CT molecular complexity index is 154. The number of unbranched alkanes of at least 4 members (excludes halogenated alkanes) is 2. The lowest BCUT2D eigenvalue weighted by Crippen LogP contribution is -2.23. The van der Waals surface area contributed by atoms with E-state index in [0.717, 1.165) is 38.5 Å². The van der Waals surface area contributed by atoms with Gasteiger partial charge in [0, 0.05) is 26.4 Å². The predicted molar refractivity (Wildman–Crippen MR) is 84.3 cm³/mol. The molecule has 0 aliphatic heterocycles. The van der Waals surface area contributed by atoms with E-state index in [9.17, 15) is 0 Å². The Morgan fingerprint density at radius 3 is 1.11 bits per heavy atom. The van der Waals surface area contributed by atoms with Crippen LogP contribution in [0, 0.1) is 0 Å². The summed E-state index contributed by atoms with van der Waals surface area (Å²) in [7, 11) is -2.76. The Morgan fingerprint density at radius 2 is 0.842 bits per heavy atom. The van der Waals surface area contributed by atoms with Crippen molar-refractivity contribution in [1.82, 2.24) is 0 Å². The highest BCUT2D eigenvalue weighted by atomic mass is 28.3. The Balaban J connectivity index is 3.59. The van der Waals surface area contributed by atoms with E-state index < -0.39 is 18.6 Å². The first-order valence-corrected chi connectivity index (χ1v) is 11.3. The molecule has 0 bridgehead atoms. The fourth-order valence-corrected chi connectivity index (χ4v) is 5.56. The van der Waals surface area contributed by atoms with Crippen LogP contribution in [0.5, 0.6) is 0 Å². The molecule has 0 fully saturated rings. The molecule has 0 rings (SSSR count). The summed E-state index contributed by atoms with van der Waals surface area (Å²) in [6.45, 7) is 11.3. The summed E-state index contributed by atoms with van der Waals surface area (Å²) in [5.41, 5.74) is 0. The first kappa shape index (κ1) is 19.3. The van der Waals surface area contributed by atoms with Gasteiger partial charge in [0.25, 0.3) is 0 Å². The van der Waals surface area contributed by atoms with Gasteiger partial charge in [-0.15, -0.1) is 0 Å².